The van der Waals surface area contributed by atoms with Gasteiger partial charge >= 0.3 is 0 Å². The molecule has 1 aromatic carbocycles. The van der Waals surface area contributed by atoms with Gasteiger partial charge in [-0.2, -0.15) is 4.31 Å². The third-order valence-corrected chi connectivity index (χ3v) is 12.3. The van der Waals surface area contributed by atoms with Crippen LogP contribution in [-0.2, 0) is 24.8 Å². The number of hydrogen-bond acceptors (Lipinski definition) is 12. The van der Waals surface area contributed by atoms with Gasteiger partial charge in [-0.15, -0.1) is 0 Å². The van der Waals surface area contributed by atoms with Gasteiger partial charge in [0.2, 0.25) is 10.0 Å². The Hall–Kier alpha value is -3.51. The van der Waals surface area contributed by atoms with E-state index in [-0.39, 0.29) is 75.5 Å². The Labute approximate surface area is 288 Å². The minimum Gasteiger partial charge on any atom is -0.490 e. The van der Waals surface area contributed by atoms with Gasteiger partial charge in [0.1, 0.15) is 22.0 Å². The smallest absolute Gasteiger partial charge is 0.267 e. The maximum Gasteiger partial charge on any atom is 0.267 e. The molecule has 4 atom stereocenters. The molecule has 15 nitrogen and oxygen atoms in total. The van der Waals surface area contributed by atoms with Gasteiger partial charge in [-0.3, -0.25) is 9.52 Å². The number of ether oxygens (including phenoxy) is 2. The zero-order valence-electron chi connectivity index (χ0n) is 29.2. The lowest BCUT2D eigenvalue weighted by Crippen LogP contribution is -2.48. The highest BCUT2D eigenvalue weighted by atomic mass is 32.2. The summed E-state index contributed by atoms with van der Waals surface area (Å²) in [6, 6.07) is 3.80. The number of aliphatic hydroxyl groups excluding tert-OH is 1. The van der Waals surface area contributed by atoms with Gasteiger partial charge in [0.25, 0.3) is 15.9 Å². The molecule has 3 aromatic rings. The Morgan fingerprint density at radius 3 is 2.24 bits per heavy atom. The van der Waals surface area contributed by atoms with Crippen LogP contribution in [0.3, 0.4) is 0 Å². The number of aryl methyl sites for hydroxylation is 4. The van der Waals surface area contributed by atoms with Gasteiger partial charge < -0.3 is 28.5 Å². The van der Waals surface area contributed by atoms with Crippen molar-refractivity contribution in [3.63, 3.8) is 0 Å². The predicted molar refractivity (Wildman–Crippen MR) is 179 cm³/mol. The van der Waals surface area contributed by atoms with Gasteiger partial charge in [-0.25, -0.2) is 16.8 Å². The highest BCUT2D eigenvalue weighted by Crippen LogP contribution is 2.31. The number of carbonyl (C=O) groups excluding carboxylic acids is 1. The molecule has 0 bridgehead atoms. The first-order valence-corrected chi connectivity index (χ1v) is 19.1. The van der Waals surface area contributed by atoms with Crippen molar-refractivity contribution in [2.75, 3.05) is 38.1 Å². The number of rotatable bonds is 9. The van der Waals surface area contributed by atoms with Crippen LogP contribution in [0.25, 0.3) is 0 Å². The highest BCUT2D eigenvalue weighted by molar-refractivity contribution is 7.92. The SMILES string of the molecule is Cc1noc(C)c1S(=O)(=O)Nc1ccc2c(c1)C(=O)N([C@@H](C)CO)C[C@H](C)[C@H](CN(C)S(=O)(=O)c1c(C)noc1C)OCCCC[C@@H](C)O2. The van der Waals surface area contributed by atoms with Crippen molar-refractivity contribution in [1.29, 1.82) is 0 Å². The lowest BCUT2D eigenvalue weighted by atomic mass is 10.0. The number of aromatic nitrogens is 2. The van der Waals surface area contributed by atoms with E-state index in [4.69, 9.17) is 18.5 Å². The molecule has 0 radical (unpaired) electrons. The number of benzene rings is 1. The van der Waals surface area contributed by atoms with Crippen LogP contribution >= 0.6 is 0 Å². The summed E-state index contributed by atoms with van der Waals surface area (Å²) in [4.78, 5) is 15.8. The molecule has 0 aliphatic carbocycles. The van der Waals surface area contributed by atoms with Crippen molar-refractivity contribution in [3.8, 4) is 5.75 Å². The van der Waals surface area contributed by atoms with Gasteiger partial charge in [0.15, 0.2) is 16.4 Å². The maximum absolute atomic E-state index is 14.4. The van der Waals surface area contributed by atoms with Crippen molar-refractivity contribution >= 4 is 31.6 Å². The second-order valence-electron chi connectivity index (χ2n) is 12.7. The number of likely N-dealkylation sites (N-methyl/N-ethyl adjacent to an activating group) is 1. The summed E-state index contributed by atoms with van der Waals surface area (Å²) in [5, 5.41) is 17.8. The van der Waals surface area contributed by atoms with E-state index >= 15 is 0 Å². The van der Waals surface area contributed by atoms with E-state index in [1.54, 1.807) is 19.9 Å². The van der Waals surface area contributed by atoms with Gasteiger partial charge in [0, 0.05) is 38.3 Å². The molecule has 0 spiro atoms. The monoisotopic (exact) mass is 725 g/mol. The fraction of sp³-hybridized carbons (Fsp3) is 0.594. The summed E-state index contributed by atoms with van der Waals surface area (Å²) >= 11 is 0. The molecule has 272 valence electrons. The number of aliphatic hydroxyl groups is 1. The predicted octanol–water partition coefficient (Wildman–Crippen LogP) is 3.81. The molecule has 0 fully saturated rings. The molecule has 2 N–H and O–H groups in total. The quantitative estimate of drug-likeness (QED) is 0.324. The minimum atomic E-state index is -4.12. The summed E-state index contributed by atoms with van der Waals surface area (Å²) < 4.78 is 80.2. The standard InChI is InChI=1S/C32H47N5O10S2/c1-19-16-37(20(2)18-38)32(39)27-15-26(35-48(40,41)30-22(4)33-46-24(30)6)12-13-28(27)45-21(3)11-9-10-14-44-29(19)17-36(8)49(42,43)31-23(5)34-47-25(31)7/h12-13,15,19-21,29,35,38H,9-11,14,16-18H2,1-8H3/t19-,20-,21+,29-/m0/s1. The van der Waals surface area contributed by atoms with E-state index in [9.17, 15) is 26.7 Å². The fourth-order valence-electron chi connectivity index (χ4n) is 5.86. The Bertz CT molecular complexity index is 1800. The molecule has 2 aromatic heterocycles. The van der Waals surface area contributed by atoms with Crippen LogP contribution < -0.4 is 9.46 Å². The van der Waals surface area contributed by atoms with Crippen LogP contribution in [-0.4, -0.2) is 99.0 Å². The van der Waals surface area contributed by atoms with E-state index in [0.29, 0.717) is 19.4 Å². The van der Waals surface area contributed by atoms with Crippen LogP contribution in [0, 0.1) is 33.6 Å². The van der Waals surface area contributed by atoms with Gasteiger partial charge in [-0.1, -0.05) is 17.2 Å². The van der Waals surface area contributed by atoms with Crippen molar-refractivity contribution < 1.29 is 45.3 Å². The van der Waals surface area contributed by atoms with E-state index in [2.05, 4.69) is 15.0 Å². The molecular weight excluding hydrogens is 679 g/mol. The van der Waals surface area contributed by atoms with E-state index in [1.807, 2.05) is 13.8 Å². The molecule has 1 aliphatic rings. The molecule has 17 heteroatoms. The molecule has 0 saturated carbocycles. The minimum absolute atomic E-state index is 0.000582. The number of sulfonamides is 2. The number of amides is 1. The number of anilines is 1. The Balaban J connectivity index is 1.70. The van der Waals surface area contributed by atoms with Crippen molar-refractivity contribution in [1.82, 2.24) is 19.5 Å². The van der Waals surface area contributed by atoms with E-state index < -0.39 is 44.0 Å². The van der Waals surface area contributed by atoms with Crippen LogP contribution in [0.2, 0.25) is 0 Å². The first-order valence-electron chi connectivity index (χ1n) is 16.2. The number of fused-ring (bicyclic) bond motifs is 1. The molecular formula is C32H47N5O10S2. The van der Waals surface area contributed by atoms with Crippen LogP contribution in [0.4, 0.5) is 5.69 Å². The average molecular weight is 726 g/mol. The largest absolute Gasteiger partial charge is 0.490 e. The molecule has 0 saturated heterocycles. The number of hydrogen-bond donors (Lipinski definition) is 2. The first kappa shape index (κ1) is 38.3. The van der Waals surface area contributed by atoms with Crippen molar-refractivity contribution in [3.05, 3.63) is 46.7 Å². The van der Waals surface area contributed by atoms with E-state index in [1.165, 1.54) is 49.2 Å². The first-order chi connectivity index (χ1) is 23.0. The molecule has 49 heavy (non-hydrogen) atoms. The third kappa shape index (κ3) is 8.63. The maximum atomic E-state index is 14.4. The fourth-order valence-corrected chi connectivity index (χ4v) is 8.71. The lowest BCUT2D eigenvalue weighted by molar-refractivity contribution is -0.00835. The highest BCUT2D eigenvalue weighted by Gasteiger charge is 2.35. The lowest BCUT2D eigenvalue weighted by Gasteiger charge is -2.35. The Kier molecular flexibility index (Phi) is 12.2. The zero-order chi connectivity index (χ0) is 36.3. The Morgan fingerprint density at radius 1 is 1.02 bits per heavy atom. The topological polar surface area (TPSA) is 195 Å². The van der Waals surface area contributed by atoms with Gasteiger partial charge in [0.05, 0.1) is 30.4 Å². The average Bonchev–Trinajstić information content (AvgIpc) is 3.57. The van der Waals surface area contributed by atoms with Crippen LogP contribution in [0.1, 0.15) is 73.3 Å². The number of nitrogens with one attached hydrogen (secondary N) is 1. The number of carbonyl (C=O) groups is 1. The Morgan fingerprint density at radius 2 is 1.65 bits per heavy atom. The van der Waals surface area contributed by atoms with Crippen molar-refractivity contribution in [2.24, 2.45) is 5.92 Å². The van der Waals surface area contributed by atoms with Crippen molar-refractivity contribution in [2.45, 2.75) is 95.8 Å². The van der Waals surface area contributed by atoms with Crippen LogP contribution in [0.15, 0.2) is 37.0 Å². The summed E-state index contributed by atoms with van der Waals surface area (Å²) in [5.41, 5.74) is 0.643. The second-order valence-corrected chi connectivity index (χ2v) is 16.3. The molecule has 4 rings (SSSR count). The summed E-state index contributed by atoms with van der Waals surface area (Å²) in [6.45, 7) is 11.6. The molecule has 3 heterocycles. The molecule has 0 unspecified atom stereocenters. The summed E-state index contributed by atoms with van der Waals surface area (Å²) in [7, 11) is -6.64. The zero-order valence-corrected chi connectivity index (χ0v) is 30.9. The summed E-state index contributed by atoms with van der Waals surface area (Å²) in [5.74, 6) is -0.360. The summed E-state index contributed by atoms with van der Waals surface area (Å²) in [6.07, 6.45) is 1.12. The van der Waals surface area contributed by atoms with Gasteiger partial charge in [-0.05, 0) is 79.0 Å². The van der Waals surface area contributed by atoms with E-state index in [0.717, 1.165) is 6.42 Å². The second kappa shape index (κ2) is 15.6. The molecule has 1 aliphatic heterocycles. The normalized spacial score (nSPS) is 20.8. The number of nitrogens with zero attached hydrogens (tertiary/aromatic N) is 4. The molecule has 1 amide bonds. The van der Waals surface area contributed by atoms with Crippen LogP contribution in [0.5, 0.6) is 5.75 Å². The third-order valence-electron chi connectivity index (χ3n) is 8.61.